The van der Waals surface area contributed by atoms with Crippen LogP contribution >= 0.6 is 0 Å². The summed E-state index contributed by atoms with van der Waals surface area (Å²) in [4.78, 5) is 16.0. The summed E-state index contributed by atoms with van der Waals surface area (Å²) in [6, 6.07) is 12.2. The molecule has 0 aliphatic carbocycles. The number of pyridine rings is 3. The standard InChI is InChI=1S/C29H29FN10/c1-20(21-4-7-28(33-14-21)39-18-24(30)17-35-39)37(3)27-6-5-22(15-32-27)26-12-25(38-10-8-36(2)9-11-38)19-40-29(26)23(13-31)16-34-40/h4-7,12,14-20H,8-11H2,1-3H3/t20-/m0/s1. The van der Waals surface area contributed by atoms with Gasteiger partial charge in [0.15, 0.2) is 11.6 Å². The molecule has 1 fully saturated rings. The Labute approximate surface area is 231 Å². The highest BCUT2D eigenvalue weighted by Gasteiger charge is 2.20. The van der Waals surface area contributed by atoms with Crippen LogP contribution < -0.4 is 9.80 Å². The van der Waals surface area contributed by atoms with Crippen LogP contribution in [0.25, 0.3) is 22.5 Å². The van der Waals surface area contributed by atoms with Gasteiger partial charge in [-0.25, -0.2) is 23.6 Å². The van der Waals surface area contributed by atoms with E-state index in [4.69, 9.17) is 4.98 Å². The fraction of sp³-hybridized carbons (Fsp3) is 0.276. The molecule has 0 aromatic carbocycles. The summed E-state index contributed by atoms with van der Waals surface area (Å²) in [5, 5.41) is 18.2. The number of halogens is 1. The Bertz CT molecular complexity index is 1680. The van der Waals surface area contributed by atoms with Crippen LogP contribution in [0.3, 0.4) is 0 Å². The highest BCUT2D eigenvalue weighted by Crippen LogP contribution is 2.33. The smallest absolute Gasteiger partial charge is 0.161 e. The Morgan fingerprint density at radius 3 is 2.45 bits per heavy atom. The zero-order valence-corrected chi connectivity index (χ0v) is 22.6. The van der Waals surface area contributed by atoms with Crippen molar-refractivity contribution in [3.63, 3.8) is 0 Å². The van der Waals surface area contributed by atoms with E-state index in [-0.39, 0.29) is 6.04 Å². The fourth-order valence-corrected chi connectivity index (χ4v) is 5.03. The monoisotopic (exact) mass is 536 g/mol. The first kappa shape index (κ1) is 25.5. The van der Waals surface area contributed by atoms with Gasteiger partial charge in [0.25, 0.3) is 0 Å². The summed E-state index contributed by atoms with van der Waals surface area (Å²) in [6.45, 7) is 5.94. The Balaban J connectivity index is 1.27. The van der Waals surface area contributed by atoms with Gasteiger partial charge in [0.05, 0.1) is 47.6 Å². The summed E-state index contributed by atoms with van der Waals surface area (Å²) >= 11 is 0. The van der Waals surface area contributed by atoms with Crippen molar-refractivity contribution >= 4 is 17.0 Å². The van der Waals surface area contributed by atoms with Crippen LogP contribution in [0, 0.1) is 17.1 Å². The van der Waals surface area contributed by atoms with Gasteiger partial charge in [0.1, 0.15) is 11.9 Å². The number of hydrogen-bond acceptors (Lipinski definition) is 8. The third-order valence-electron chi connectivity index (χ3n) is 7.63. The van der Waals surface area contributed by atoms with Crippen LogP contribution in [-0.4, -0.2) is 74.5 Å². The second kappa shape index (κ2) is 10.4. The lowest BCUT2D eigenvalue weighted by Gasteiger charge is -2.34. The number of piperazine rings is 1. The number of hydrogen-bond donors (Lipinski definition) is 0. The molecular formula is C29H29FN10. The van der Waals surface area contributed by atoms with E-state index in [1.54, 1.807) is 16.9 Å². The van der Waals surface area contributed by atoms with Crippen molar-refractivity contribution in [2.24, 2.45) is 0 Å². The fourth-order valence-electron chi connectivity index (χ4n) is 5.03. The number of aromatic nitrogens is 6. The van der Waals surface area contributed by atoms with Crippen molar-refractivity contribution < 1.29 is 4.39 Å². The molecule has 0 bridgehead atoms. The minimum atomic E-state index is -0.405. The van der Waals surface area contributed by atoms with Gasteiger partial charge in [-0.15, -0.1) is 0 Å². The van der Waals surface area contributed by atoms with Gasteiger partial charge in [-0.3, -0.25) is 0 Å². The molecule has 5 aromatic rings. The molecule has 0 amide bonds. The number of anilines is 2. The number of nitrogens with zero attached hydrogens (tertiary/aromatic N) is 10. The molecule has 40 heavy (non-hydrogen) atoms. The summed E-state index contributed by atoms with van der Waals surface area (Å²) < 4.78 is 16.5. The first-order chi connectivity index (χ1) is 19.4. The highest BCUT2D eigenvalue weighted by atomic mass is 19.1. The maximum atomic E-state index is 13.3. The van der Waals surface area contributed by atoms with E-state index in [2.05, 4.69) is 56.0 Å². The Morgan fingerprint density at radius 2 is 1.80 bits per heavy atom. The largest absolute Gasteiger partial charge is 0.368 e. The van der Waals surface area contributed by atoms with Crippen LogP contribution in [0.5, 0.6) is 0 Å². The predicted molar refractivity (Wildman–Crippen MR) is 151 cm³/mol. The van der Waals surface area contributed by atoms with E-state index in [0.717, 1.165) is 66.1 Å². The predicted octanol–water partition coefficient (Wildman–Crippen LogP) is 3.94. The molecule has 1 saturated heterocycles. The molecular weight excluding hydrogens is 507 g/mol. The van der Waals surface area contributed by atoms with E-state index < -0.39 is 5.82 Å². The molecule has 0 saturated carbocycles. The molecule has 6 heterocycles. The Kier molecular flexibility index (Phi) is 6.61. The SMILES string of the molecule is C[C@@H](c1ccc(-n2cc(F)cn2)nc1)N(C)c1ccc(-c2cc(N3CCN(C)CC3)cn3ncc(C#N)c23)cn1. The van der Waals surface area contributed by atoms with Gasteiger partial charge < -0.3 is 14.7 Å². The Morgan fingerprint density at radius 1 is 0.975 bits per heavy atom. The average molecular weight is 537 g/mol. The topological polar surface area (TPSA) is 94.4 Å². The summed E-state index contributed by atoms with van der Waals surface area (Å²) in [5.41, 5.74) is 5.22. The minimum Gasteiger partial charge on any atom is -0.368 e. The summed E-state index contributed by atoms with van der Waals surface area (Å²) in [7, 11) is 4.12. The van der Waals surface area contributed by atoms with Crippen LogP contribution in [0.2, 0.25) is 0 Å². The lowest BCUT2D eigenvalue weighted by Crippen LogP contribution is -2.44. The van der Waals surface area contributed by atoms with Crippen molar-refractivity contribution in [3.05, 3.63) is 84.5 Å². The van der Waals surface area contributed by atoms with Gasteiger partial charge in [0.2, 0.25) is 0 Å². The molecule has 202 valence electrons. The van der Waals surface area contributed by atoms with Crippen LogP contribution in [-0.2, 0) is 0 Å². The minimum absolute atomic E-state index is 0.0125. The number of likely N-dealkylation sites (N-methyl/N-ethyl adjacent to an activating group) is 1. The molecule has 11 heteroatoms. The van der Waals surface area contributed by atoms with Crippen molar-refractivity contribution in [2.45, 2.75) is 13.0 Å². The third kappa shape index (κ3) is 4.74. The normalized spacial score (nSPS) is 14.8. The van der Waals surface area contributed by atoms with Crippen molar-refractivity contribution in [3.8, 4) is 23.0 Å². The third-order valence-corrected chi connectivity index (χ3v) is 7.63. The van der Waals surface area contributed by atoms with Gasteiger partial charge in [-0.1, -0.05) is 6.07 Å². The molecule has 10 nitrogen and oxygen atoms in total. The van der Waals surface area contributed by atoms with Crippen molar-refractivity contribution in [2.75, 3.05) is 50.1 Å². The second-order valence-corrected chi connectivity index (χ2v) is 10.1. The van der Waals surface area contributed by atoms with Gasteiger partial charge in [-0.2, -0.15) is 15.5 Å². The molecule has 0 spiro atoms. The molecule has 0 N–H and O–H groups in total. The number of fused-ring (bicyclic) bond motifs is 1. The molecule has 6 rings (SSSR count). The van der Waals surface area contributed by atoms with E-state index in [1.165, 1.54) is 10.9 Å². The molecule has 1 atom stereocenters. The summed E-state index contributed by atoms with van der Waals surface area (Å²) in [6.07, 6.45) is 9.69. The zero-order chi connectivity index (χ0) is 27.8. The van der Waals surface area contributed by atoms with Crippen LogP contribution in [0.1, 0.15) is 24.1 Å². The molecule has 1 aliphatic rings. The van der Waals surface area contributed by atoms with E-state index in [9.17, 15) is 9.65 Å². The molecule has 1 aliphatic heterocycles. The maximum Gasteiger partial charge on any atom is 0.161 e. The van der Waals surface area contributed by atoms with E-state index in [0.29, 0.717) is 11.4 Å². The Hall–Kier alpha value is -4.82. The van der Waals surface area contributed by atoms with Crippen molar-refractivity contribution in [1.82, 2.24) is 34.3 Å². The van der Waals surface area contributed by atoms with Crippen LogP contribution in [0.4, 0.5) is 15.9 Å². The van der Waals surface area contributed by atoms with Gasteiger partial charge in [0, 0.05) is 56.7 Å². The van der Waals surface area contributed by atoms with Crippen molar-refractivity contribution in [1.29, 1.82) is 5.26 Å². The van der Waals surface area contributed by atoms with E-state index in [1.807, 2.05) is 43.7 Å². The first-order valence-electron chi connectivity index (χ1n) is 13.1. The second-order valence-electron chi connectivity index (χ2n) is 10.1. The highest BCUT2D eigenvalue weighted by molar-refractivity contribution is 5.86. The number of nitriles is 1. The lowest BCUT2D eigenvalue weighted by molar-refractivity contribution is 0.312. The maximum absolute atomic E-state index is 13.3. The van der Waals surface area contributed by atoms with Gasteiger partial charge in [-0.05, 0) is 43.8 Å². The molecule has 5 aromatic heterocycles. The van der Waals surface area contributed by atoms with Gasteiger partial charge >= 0.3 is 0 Å². The summed E-state index contributed by atoms with van der Waals surface area (Å²) in [5.74, 6) is 0.943. The quantitative estimate of drug-likeness (QED) is 0.322. The van der Waals surface area contributed by atoms with E-state index >= 15 is 0 Å². The number of rotatable bonds is 6. The average Bonchev–Trinajstić information content (AvgIpc) is 3.62. The molecule has 0 unspecified atom stereocenters. The van der Waals surface area contributed by atoms with Crippen LogP contribution in [0.15, 0.2) is 67.5 Å². The zero-order valence-electron chi connectivity index (χ0n) is 22.6. The first-order valence-corrected chi connectivity index (χ1v) is 13.1. The molecule has 0 radical (unpaired) electrons. The lowest BCUT2D eigenvalue weighted by atomic mass is 10.0.